The van der Waals surface area contributed by atoms with Crippen molar-refractivity contribution < 1.29 is 9.18 Å². The van der Waals surface area contributed by atoms with Crippen molar-refractivity contribution in [1.82, 2.24) is 14.5 Å². The van der Waals surface area contributed by atoms with E-state index in [1.54, 1.807) is 30.1 Å². The quantitative estimate of drug-likeness (QED) is 0.454. The third-order valence-electron chi connectivity index (χ3n) is 5.47. The first-order valence-corrected chi connectivity index (χ1v) is 11.0. The summed E-state index contributed by atoms with van der Waals surface area (Å²) in [5, 5.41) is 2.81. The highest BCUT2D eigenvalue weighted by molar-refractivity contribution is 7.98. The van der Waals surface area contributed by atoms with Crippen molar-refractivity contribution in [3.63, 3.8) is 0 Å². The van der Waals surface area contributed by atoms with E-state index in [0.717, 1.165) is 39.5 Å². The SMILES string of the molecule is CSc1ccc(-c2nc(-c3ccc(F)cc3)c(-c3ccnc4c3CC(=O)N4)n2C)cc1. The summed E-state index contributed by atoms with van der Waals surface area (Å²) in [7, 11) is 1.96. The molecule has 7 heteroatoms. The highest BCUT2D eigenvalue weighted by Crippen LogP contribution is 2.39. The van der Waals surface area contributed by atoms with Crippen LogP contribution in [0, 0.1) is 5.82 Å². The predicted octanol–water partition coefficient (Wildman–Crippen LogP) is 5.17. The van der Waals surface area contributed by atoms with Gasteiger partial charge in [0.25, 0.3) is 0 Å². The number of halogens is 1. The third kappa shape index (κ3) is 3.41. The van der Waals surface area contributed by atoms with Gasteiger partial charge in [-0.2, -0.15) is 0 Å². The molecular formula is C24H19FN4OS. The first-order chi connectivity index (χ1) is 15.0. The molecule has 5 nitrogen and oxygen atoms in total. The Hall–Kier alpha value is -3.45. The predicted molar refractivity (Wildman–Crippen MR) is 121 cm³/mol. The molecule has 0 spiro atoms. The number of benzene rings is 2. The zero-order valence-corrected chi connectivity index (χ0v) is 17.8. The van der Waals surface area contributed by atoms with Gasteiger partial charge in [-0.1, -0.05) is 12.1 Å². The summed E-state index contributed by atoms with van der Waals surface area (Å²) in [6.07, 6.45) is 4.00. The van der Waals surface area contributed by atoms with Gasteiger partial charge in [-0.3, -0.25) is 4.79 Å². The monoisotopic (exact) mass is 430 g/mol. The van der Waals surface area contributed by atoms with Crippen LogP contribution in [0.3, 0.4) is 0 Å². The van der Waals surface area contributed by atoms with Crippen LogP contribution in [0.25, 0.3) is 33.9 Å². The first kappa shape index (κ1) is 19.5. The van der Waals surface area contributed by atoms with Gasteiger partial charge < -0.3 is 9.88 Å². The summed E-state index contributed by atoms with van der Waals surface area (Å²) in [6.45, 7) is 0. The van der Waals surface area contributed by atoms with Gasteiger partial charge in [0, 0.05) is 40.4 Å². The van der Waals surface area contributed by atoms with Crippen LogP contribution in [0.2, 0.25) is 0 Å². The minimum Gasteiger partial charge on any atom is -0.327 e. The number of rotatable bonds is 4. The number of thioether (sulfide) groups is 1. The van der Waals surface area contributed by atoms with Crippen molar-refractivity contribution in [3.8, 4) is 33.9 Å². The Kier molecular flexibility index (Phi) is 4.82. The number of aromatic nitrogens is 3. The van der Waals surface area contributed by atoms with Crippen LogP contribution in [0.4, 0.5) is 10.2 Å². The Labute approximate surface area is 183 Å². The van der Waals surface area contributed by atoms with Crippen molar-refractivity contribution in [2.24, 2.45) is 7.05 Å². The molecule has 0 fully saturated rings. The standard InChI is InChI=1S/C24H19FN4OS/c1-29-22(18-11-12-26-23-19(18)13-20(30)27-23)21(14-3-7-16(25)8-4-14)28-24(29)15-5-9-17(31-2)10-6-15/h3-12H,13H2,1-2H3,(H,26,27,30). The number of imidazole rings is 1. The van der Waals surface area contributed by atoms with E-state index in [0.29, 0.717) is 5.82 Å². The number of fused-ring (bicyclic) bond motifs is 1. The van der Waals surface area contributed by atoms with Crippen LogP contribution in [0.1, 0.15) is 5.56 Å². The fourth-order valence-corrected chi connectivity index (χ4v) is 4.36. The van der Waals surface area contributed by atoms with E-state index in [2.05, 4.69) is 34.6 Å². The van der Waals surface area contributed by atoms with E-state index in [-0.39, 0.29) is 18.1 Å². The average Bonchev–Trinajstić information content (AvgIpc) is 3.33. The molecule has 1 aliphatic rings. The van der Waals surface area contributed by atoms with Crippen LogP contribution in [-0.2, 0) is 18.3 Å². The van der Waals surface area contributed by atoms with Gasteiger partial charge in [0.2, 0.25) is 5.91 Å². The highest BCUT2D eigenvalue weighted by Gasteiger charge is 2.27. The summed E-state index contributed by atoms with van der Waals surface area (Å²) in [4.78, 5) is 22.5. The summed E-state index contributed by atoms with van der Waals surface area (Å²) in [5.41, 5.74) is 5.13. The second-order valence-electron chi connectivity index (χ2n) is 7.34. The summed E-state index contributed by atoms with van der Waals surface area (Å²) >= 11 is 1.69. The highest BCUT2D eigenvalue weighted by atomic mass is 32.2. The second kappa shape index (κ2) is 7.67. The van der Waals surface area contributed by atoms with Crippen molar-refractivity contribution in [3.05, 3.63) is 72.2 Å². The molecule has 0 saturated carbocycles. The van der Waals surface area contributed by atoms with Gasteiger partial charge in [-0.25, -0.2) is 14.4 Å². The Bertz CT molecular complexity index is 1300. The molecule has 0 unspecified atom stereocenters. The van der Waals surface area contributed by atoms with Crippen LogP contribution in [0.15, 0.2) is 65.7 Å². The minimum absolute atomic E-state index is 0.0756. The van der Waals surface area contributed by atoms with Gasteiger partial charge in [0.1, 0.15) is 17.5 Å². The molecule has 0 radical (unpaired) electrons. The average molecular weight is 431 g/mol. The summed E-state index contributed by atoms with van der Waals surface area (Å²) in [5.74, 6) is 1.01. The molecule has 0 saturated heterocycles. The van der Waals surface area contributed by atoms with Gasteiger partial charge in [0.15, 0.2) is 0 Å². The smallest absolute Gasteiger partial charge is 0.230 e. The fraction of sp³-hybridized carbons (Fsp3) is 0.125. The molecule has 154 valence electrons. The van der Waals surface area contributed by atoms with E-state index in [9.17, 15) is 9.18 Å². The maximum Gasteiger partial charge on any atom is 0.230 e. The molecule has 3 heterocycles. The maximum atomic E-state index is 13.6. The van der Waals surface area contributed by atoms with E-state index >= 15 is 0 Å². The number of amides is 1. The number of carbonyl (C=O) groups excluding carboxylic acids is 1. The summed E-state index contributed by atoms with van der Waals surface area (Å²) < 4.78 is 15.6. The minimum atomic E-state index is -0.297. The largest absolute Gasteiger partial charge is 0.327 e. The van der Waals surface area contributed by atoms with Crippen molar-refractivity contribution in [2.75, 3.05) is 11.6 Å². The molecule has 0 atom stereocenters. The van der Waals surface area contributed by atoms with Crippen molar-refractivity contribution >= 4 is 23.5 Å². The van der Waals surface area contributed by atoms with E-state index < -0.39 is 0 Å². The number of carbonyl (C=O) groups is 1. The Morgan fingerprint density at radius 3 is 2.45 bits per heavy atom. The molecule has 2 aromatic heterocycles. The fourth-order valence-electron chi connectivity index (χ4n) is 3.95. The first-order valence-electron chi connectivity index (χ1n) is 9.80. The number of nitrogens with zero attached hydrogens (tertiary/aromatic N) is 3. The zero-order chi connectivity index (χ0) is 21.5. The van der Waals surface area contributed by atoms with E-state index in [4.69, 9.17) is 4.98 Å². The molecule has 0 aliphatic carbocycles. The number of pyridine rings is 1. The van der Waals surface area contributed by atoms with Gasteiger partial charge in [0.05, 0.1) is 17.8 Å². The number of hydrogen-bond acceptors (Lipinski definition) is 4. The zero-order valence-electron chi connectivity index (χ0n) is 17.0. The van der Waals surface area contributed by atoms with Crippen LogP contribution >= 0.6 is 11.8 Å². The second-order valence-corrected chi connectivity index (χ2v) is 8.22. The van der Waals surface area contributed by atoms with Crippen LogP contribution in [-0.4, -0.2) is 26.7 Å². The number of nitrogens with one attached hydrogen (secondary N) is 1. The molecule has 31 heavy (non-hydrogen) atoms. The van der Waals surface area contributed by atoms with Crippen LogP contribution < -0.4 is 5.32 Å². The number of anilines is 1. The normalized spacial score (nSPS) is 12.7. The molecule has 1 N–H and O–H groups in total. The Morgan fingerprint density at radius 2 is 1.74 bits per heavy atom. The lowest BCUT2D eigenvalue weighted by Crippen LogP contribution is -2.04. The van der Waals surface area contributed by atoms with Crippen molar-refractivity contribution in [2.45, 2.75) is 11.3 Å². The molecular weight excluding hydrogens is 411 g/mol. The lowest BCUT2D eigenvalue weighted by atomic mass is 10.0. The Balaban J connectivity index is 1.75. The van der Waals surface area contributed by atoms with Crippen LogP contribution in [0.5, 0.6) is 0 Å². The summed E-state index contributed by atoms with van der Waals surface area (Å²) in [6, 6.07) is 16.5. The van der Waals surface area contributed by atoms with Gasteiger partial charge in [-0.05, 0) is 48.7 Å². The maximum absolute atomic E-state index is 13.6. The van der Waals surface area contributed by atoms with Gasteiger partial charge in [-0.15, -0.1) is 11.8 Å². The molecule has 4 aromatic rings. The van der Waals surface area contributed by atoms with Gasteiger partial charge >= 0.3 is 0 Å². The molecule has 0 bridgehead atoms. The molecule has 1 aliphatic heterocycles. The third-order valence-corrected chi connectivity index (χ3v) is 6.21. The molecule has 1 amide bonds. The molecule has 2 aromatic carbocycles. The topological polar surface area (TPSA) is 59.8 Å². The van der Waals surface area contributed by atoms with Crippen molar-refractivity contribution in [1.29, 1.82) is 0 Å². The molecule has 5 rings (SSSR count). The van der Waals surface area contributed by atoms with E-state index in [1.807, 2.05) is 23.9 Å². The Morgan fingerprint density at radius 1 is 1.03 bits per heavy atom. The lowest BCUT2D eigenvalue weighted by Gasteiger charge is -2.11. The lowest BCUT2D eigenvalue weighted by molar-refractivity contribution is -0.115. The van der Waals surface area contributed by atoms with E-state index in [1.165, 1.54) is 17.0 Å². The number of hydrogen-bond donors (Lipinski definition) is 1.